The molecule has 1 N–H and O–H groups in total. The molecule has 4 nitrogen and oxygen atoms in total. The molecule has 0 radical (unpaired) electrons. The Morgan fingerprint density at radius 2 is 2.39 bits per heavy atom. The fourth-order valence-corrected chi connectivity index (χ4v) is 2.25. The highest BCUT2D eigenvalue weighted by atomic mass is 16.4. The summed E-state index contributed by atoms with van der Waals surface area (Å²) in [5, 5.41) is 8.67. The molecule has 0 saturated carbocycles. The highest BCUT2D eigenvalue weighted by Gasteiger charge is 2.17. The third-order valence-electron chi connectivity index (χ3n) is 3.33. The van der Waals surface area contributed by atoms with Gasteiger partial charge in [0, 0.05) is 37.0 Å². The fourth-order valence-electron chi connectivity index (χ4n) is 2.25. The fraction of sp³-hybridized carbons (Fsp3) is 0.429. The average molecular weight is 246 g/mol. The maximum atomic E-state index is 10.6. The van der Waals surface area contributed by atoms with Crippen molar-refractivity contribution >= 4 is 12.0 Å². The molecule has 1 aliphatic rings. The standard InChI is InChI=1S/C14H18N2O2/c1-3-16-7-6-13-12(9-16)8-11(10(2)15-13)4-5-14(17)18/h4-5,8H,3,6-7,9H2,1-2H3,(H,17,18)/b5-4+. The predicted molar refractivity (Wildman–Crippen MR) is 70.3 cm³/mol. The molecular weight excluding hydrogens is 228 g/mol. The van der Waals surface area contributed by atoms with E-state index in [1.165, 1.54) is 5.56 Å². The zero-order valence-corrected chi connectivity index (χ0v) is 10.8. The summed E-state index contributed by atoms with van der Waals surface area (Å²) in [5.41, 5.74) is 4.17. The van der Waals surface area contributed by atoms with E-state index in [1.54, 1.807) is 6.08 Å². The van der Waals surface area contributed by atoms with Gasteiger partial charge < -0.3 is 5.11 Å². The van der Waals surface area contributed by atoms with Crippen molar-refractivity contribution in [2.45, 2.75) is 26.8 Å². The van der Waals surface area contributed by atoms with Gasteiger partial charge in [0.05, 0.1) is 0 Å². The normalized spacial score (nSPS) is 15.9. The zero-order valence-electron chi connectivity index (χ0n) is 10.8. The smallest absolute Gasteiger partial charge is 0.328 e. The van der Waals surface area contributed by atoms with Crippen molar-refractivity contribution in [1.29, 1.82) is 0 Å². The van der Waals surface area contributed by atoms with Crippen molar-refractivity contribution in [3.05, 3.63) is 34.7 Å². The number of fused-ring (bicyclic) bond motifs is 1. The molecule has 0 fully saturated rings. The van der Waals surface area contributed by atoms with Gasteiger partial charge in [0.1, 0.15) is 0 Å². The molecule has 0 unspecified atom stereocenters. The van der Waals surface area contributed by atoms with E-state index in [2.05, 4.69) is 22.9 Å². The molecule has 96 valence electrons. The number of hydrogen-bond donors (Lipinski definition) is 1. The average Bonchev–Trinajstić information content (AvgIpc) is 2.35. The summed E-state index contributed by atoms with van der Waals surface area (Å²) < 4.78 is 0. The molecule has 0 amide bonds. The lowest BCUT2D eigenvalue weighted by Crippen LogP contribution is -2.31. The number of carbonyl (C=O) groups is 1. The van der Waals surface area contributed by atoms with E-state index in [0.717, 1.165) is 49.1 Å². The minimum Gasteiger partial charge on any atom is -0.478 e. The molecule has 1 aromatic rings. The first-order valence-electron chi connectivity index (χ1n) is 6.23. The number of carboxylic acids is 1. The van der Waals surface area contributed by atoms with E-state index in [4.69, 9.17) is 5.11 Å². The second-order valence-corrected chi connectivity index (χ2v) is 4.56. The van der Waals surface area contributed by atoms with Crippen LogP contribution >= 0.6 is 0 Å². The Labute approximate surface area is 107 Å². The van der Waals surface area contributed by atoms with E-state index < -0.39 is 5.97 Å². The molecule has 18 heavy (non-hydrogen) atoms. The highest BCUT2D eigenvalue weighted by molar-refractivity contribution is 5.85. The maximum Gasteiger partial charge on any atom is 0.328 e. The Hall–Kier alpha value is -1.68. The van der Waals surface area contributed by atoms with Crippen LogP contribution < -0.4 is 0 Å². The van der Waals surface area contributed by atoms with Crippen molar-refractivity contribution in [2.75, 3.05) is 13.1 Å². The number of pyridine rings is 1. The molecular formula is C14H18N2O2. The first kappa shape index (κ1) is 12.8. The number of likely N-dealkylation sites (N-methyl/N-ethyl adjacent to an activating group) is 1. The van der Waals surface area contributed by atoms with Gasteiger partial charge in [0.15, 0.2) is 0 Å². The summed E-state index contributed by atoms with van der Waals surface area (Å²) in [6.07, 6.45) is 3.76. The van der Waals surface area contributed by atoms with Crippen molar-refractivity contribution in [2.24, 2.45) is 0 Å². The van der Waals surface area contributed by atoms with Gasteiger partial charge >= 0.3 is 5.97 Å². The van der Waals surface area contributed by atoms with E-state index >= 15 is 0 Å². The molecule has 0 saturated heterocycles. The topological polar surface area (TPSA) is 53.4 Å². The summed E-state index contributed by atoms with van der Waals surface area (Å²) in [6, 6.07) is 2.07. The van der Waals surface area contributed by atoms with Crippen molar-refractivity contribution < 1.29 is 9.90 Å². The summed E-state index contributed by atoms with van der Waals surface area (Å²) >= 11 is 0. The lowest BCUT2D eigenvalue weighted by Gasteiger charge is -2.27. The largest absolute Gasteiger partial charge is 0.478 e. The Morgan fingerprint density at radius 3 is 3.06 bits per heavy atom. The van der Waals surface area contributed by atoms with Crippen LogP contribution in [0.15, 0.2) is 12.1 Å². The molecule has 2 heterocycles. The van der Waals surface area contributed by atoms with Crippen LogP contribution in [0, 0.1) is 6.92 Å². The minimum absolute atomic E-state index is 0.897. The second kappa shape index (κ2) is 5.31. The van der Waals surface area contributed by atoms with Crippen LogP contribution in [0.5, 0.6) is 0 Å². The number of rotatable bonds is 3. The molecule has 4 heteroatoms. The van der Waals surface area contributed by atoms with Gasteiger partial charge in [-0.1, -0.05) is 6.92 Å². The van der Waals surface area contributed by atoms with Crippen molar-refractivity contribution in [3.63, 3.8) is 0 Å². The third-order valence-corrected chi connectivity index (χ3v) is 3.33. The molecule has 0 bridgehead atoms. The van der Waals surface area contributed by atoms with E-state index in [9.17, 15) is 4.79 Å². The number of hydrogen-bond acceptors (Lipinski definition) is 3. The zero-order chi connectivity index (χ0) is 13.1. The summed E-state index contributed by atoms with van der Waals surface area (Å²) in [6.45, 7) is 7.08. The van der Waals surface area contributed by atoms with Gasteiger partial charge in [-0.05, 0) is 36.7 Å². The predicted octanol–water partition coefficient (Wildman–Crippen LogP) is 1.87. The summed E-state index contributed by atoms with van der Waals surface area (Å²) in [5.74, 6) is -0.928. The van der Waals surface area contributed by atoms with E-state index in [-0.39, 0.29) is 0 Å². The van der Waals surface area contributed by atoms with Crippen molar-refractivity contribution in [3.8, 4) is 0 Å². The Kier molecular flexibility index (Phi) is 3.77. The first-order chi connectivity index (χ1) is 8.60. The van der Waals surface area contributed by atoms with Gasteiger partial charge in [-0.15, -0.1) is 0 Å². The summed E-state index contributed by atoms with van der Waals surface area (Å²) in [7, 11) is 0. The molecule has 1 aromatic heterocycles. The minimum atomic E-state index is -0.928. The van der Waals surface area contributed by atoms with Crippen LogP contribution in [-0.2, 0) is 17.8 Å². The van der Waals surface area contributed by atoms with Crippen LogP contribution in [0.2, 0.25) is 0 Å². The molecule has 0 aliphatic carbocycles. The molecule has 0 aromatic carbocycles. The lowest BCUT2D eigenvalue weighted by atomic mass is 10.0. The molecule has 0 spiro atoms. The quantitative estimate of drug-likeness (QED) is 0.827. The maximum absolute atomic E-state index is 10.6. The lowest BCUT2D eigenvalue weighted by molar-refractivity contribution is -0.131. The van der Waals surface area contributed by atoms with Gasteiger partial charge in [-0.3, -0.25) is 9.88 Å². The van der Waals surface area contributed by atoms with Gasteiger partial charge in [-0.2, -0.15) is 0 Å². The Balaban J connectivity index is 2.31. The number of aryl methyl sites for hydroxylation is 1. The number of carboxylic acid groups (broad SMARTS) is 1. The van der Waals surface area contributed by atoms with E-state index in [0.29, 0.717) is 0 Å². The van der Waals surface area contributed by atoms with Crippen LogP contribution in [0.1, 0.15) is 29.4 Å². The second-order valence-electron chi connectivity index (χ2n) is 4.56. The van der Waals surface area contributed by atoms with Crippen LogP contribution in [0.25, 0.3) is 6.08 Å². The van der Waals surface area contributed by atoms with Crippen LogP contribution in [0.3, 0.4) is 0 Å². The van der Waals surface area contributed by atoms with Crippen LogP contribution in [0.4, 0.5) is 0 Å². The van der Waals surface area contributed by atoms with Gasteiger partial charge in [-0.25, -0.2) is 4.79 Å². The van der Waals surface area contributed by atoms with Gasteiger partial charge in [0.2, 0.25) is 0 Å². The van der Waals surface area contributed by atoms with Gasteiger partial charge in [0.25, 0.3) is 0 Å². The molecule has 1 aliphatic heterocycles. The Morgan fingerprint density at radius 1 is 1.61 bits per heavy atom. The van der Waals surface area contributed by atoms with Crippen molar-refractivity contribution in [1.82, 2.24) is 9.88 Å². The molecule has 2 rings (SSSR count). The first-order valence-corrected chi connectivity index (χ1v) is 6.23. The SMILES string of the molecule is CCN1CCc2nc(C)c(/C=C/C(=O)O)cc2C1. The van der Waals surface area contributed by atoms with Crippen LogP contribution in [-0.4, -0.2) is 34.0 Å². The molecule has 0 atom stereocenters. The number of aromatic nitrogens is 1. The Bertz CT molecular complexity index is 495. The third kappa shape index (κ3) is 2.76. The highest BCUT2D eigenvalue weighted by Crippen LogP contribution is 2.21. The summed E-state index contributed by atoms with van der Waals surface area (Å²) in [4.78, 5) is 17.5. The number of nitrogens with zero attached hydrogens (tertiary/aromatic N) is 2. The monoisotopic (exact) mass is 246 g/mol. The number of aliphatic carboxylic acids is 1. The van der Waals surface area contributed by atoms with E-state index in [1.807, 2.05) is 6.92 Å².